The molecule has 196 valence electrons. The Morgan fingerprint density at radius 1 is 1.11 bits per heavy atom. The van der Waals surface area contributed by atoms with Crippen molar-refractivity contribution in [3.05, 3.63) is 99.5 Å². The number of carbonyl (C=O) groups excluding carboxylic acids is 1. The van der Waals surface area contributed by atoms with Gasteiger partial charge in [-0.25, -0.2) is 9.48 Å². The summed E-state index contributed by atoms with van der Waals surface area (Å²) >= 11 is 0. The number of nitrogens with zero attached hydrogens (tertiary/aromatic N) is 3. The van der Waals surface area contributed by atoms with Crippen molar-refractivity contribution in [2.24, 2.45) is 7.05 Å². The van der Waals surface area contributed by atoms with Gasteiger partial charge in [0, 0.05) is 44.1 Å². The molecule has 2 aromatic carbocycles. The highest BCUT2D eigenvalue weighted by Crippen LogP contribution is 2.38. The fourth-order valence-corrected chi connectivity index (χ4v) is 4.92. The first-order valence-corrected chi connectivity index (χ1v) is 12.9. The molecule has 0 bridgehead atoms. The molecule has 1 saturated carbocycles. The van der Waals surface area contributed by atoms with E-state index in [1.54, 1.807) is 31.1 Å². The zero-order chi connectivity index (χ0) is 26.6. The highest BCUT2D eigenvalue weighted by Gasteiger charge is 2.23. The van der Waals surface area contributed by atoms with Gasteiger partial charge in [0.05, 0.1) is 18.0 Å². The second kappa shape index (κ2) is 11.1. The Hall–Kier alpha value is -4.17. The fourth-order valence-electron chi connectivity index (χ4n) is 4.92. The van der Waals surface area contributed by atoms with E-state index >= 15 is 0 Å². The number of benzene rings is 2. The molecule has 2 heterocycles. The van der Waals surface area contributed by atoms with E-state index in [2.05, 4.69) is 28.8 Å². The molecule has 1 aliphatic rings. The summed E-state index contributed by atoms with van der Waals surface area (Å²) in [4.78, 5) is 25.1. The van der Waals surface area contributed by atoms with Gasteiger partial charge in [-0.3, -0.25) is 10.1 Å². The molecule has 5 rings (SSSR count). The van der Waals surface area contributed by atoms with Crippen molar-refractivity contribution in [3.8, 4) is 16.9 Å². The lowest BCUT2D eigenvalue weighted by Crippen LogP contribution is -2.30. The minimum atomic E-state index is -0.311. The van der Waals surface area contributed by atoms with Crippen LogP contribution in [0.25, 0.3) is 16.9 Å². The van der Waals surface area contributed by atoms with Crippen LogP contribution in [0.2, 0.25) is 0 Å². The second-order valence-corrected chi connectivity index (χ2v) is 9.84. The number of aromatic nitrogens is 3. The molecule has 2 N–H and O–H groups in total. The molecule has 1 fully saturated rings. The smallest absolute Gasteiger partial charge is 0.320 e. The van der Waals surface area contributed by atoms with Crippen LogP contribution in [0.5, 0.6) is 0 Å². The number of anilines is 1. The van der Waals surface area contributed by atoms with Gasteiger partial charge in [0.25, 0.3) is 0 Å². The van der Waals surface area contributed by atoms with Gasteiger partial charge in [-0.05, 0) is 60.6 Å². The van der Waals surface area contributed by atoms with E-state index in [4.69, 9.17) is 9.84 Å². The third-order valence-electron chi connectivity index (χ3n) is 7.22. The van der Waals surface area contributed by atoms with E-state index in [0.717, 1.165) is 27.9 Å². The summed E-state index contributed by atoms with van der Waals surface area (Å²) in [7, 11) is 3.40. The van der Waals surface area contributed by atoms with Crippen molar-refractivity contribution in [2.45, 2.75) is 45.3 Å². The maximum absolute atomic E-state index is 13.2. The van der Waals surface area contributed by atoms with Crippen molar-refractivity contribution in [3.63, 3.8) is 0 Å². The predicted molar refractivity (Wildman–Crippen MR) is 149 cm³/mol. The first-order chi connectivity index (χ1) is 18.4. The molecule has 38 heavy (non-hydrogen) atoms. The van der Waals surface area contributed by atoms with Crippen molar-refractivity contribution in [1.29, 1.82) is 0 Å². The Bertz CT molecular complexity index is 1500. The molecule has 2 amide bonds. The van der Waals surface area contributed by atoms with Gasteiger partial charge in [0.15, 0.2) is 0 Å². The molecule has 8 nitrogen and oxygen atoms in total. The van der Waals surface area contributed by atoms with Gasteiger partial charge >= 0.3 is 6.03 Å². The van der Waals surface area contributed by atoms with Crippen molar-refractivity contribution >= 4 is 11.8 Å². The lowest BCUT2D eigenvalue weighted by Gasteiger charge is -2.28. The highest BCUT2D eigenvalue weighted by atomic mass is 16.5. The Balaban J connectivity index is 1.42. The largest absolute Gasteiger partial charge is 0.380 e. The van der Waals surface area contributed by atoms with E-state index in [1.807, 2.05) is 37.3 Å². The van der Waals surface area contributed by atoms with Gasteiger partial charge < -0.3 is 14.6 Å². The molecule has 0 saturated heterocycles. The summed E-state index contributed by atoms with van der Waals surface area (Å²) in [5, 5.41) is 10.9. The van der Waals surface area contributed by atoms with Crippen LogP contribution in [-0.2, 0) is 24.9 Å². The number of aryl methyl sites for hydroxylation is 1. The van der Waals surface area contributed by atoms with Crippen LogP contribution in [-0.4, -0.2) is 27.5 Å². The third kappa shape index (κ3) is 5.26. The van der Waals surface area contributed by atoms with Crippen molar-refractivity contribution in [1.82, 2.24) is 19.7 Å². The van der Waals surface area contributed by atoms with Gasteiger partial charge in [-0.1, -0.05) is 42.8 Å². The number of rotatable bonds is 8. The summed E-state index contributed by atoms with van der Waals surface area (Å²) in [6.45, 7) is 2.88. The van der Waals surface area contributed by atoms with Gasteiger partial charge in [-0.2, -0.15) is 5.10 Å². The normalized spacial score (nSPS) is 13.2. The Kier molecular flexibility index (Phi) is 7.42. The molecule has 8 heteroatoms. The van der Waals surface area contributed by atoms with Crippen LogP contribution >= 0.6 is 0 Å². The maximum atomic E-state index is 13.2. The van der Waals surface area contributed by atoms with E-state index in [-0.39, 0.29) is 11.6 Å². The quantitative estimate of drug-likeness (QED) is 0.337. The molecule has 0 aliphatic heterocycles. The minimum absolute atomic E-state index is 0.0949. The zero-order valence-electron chi connectivity index (χ0n) is 22.0. The minimum Gasteiger partial charge on any atom is -0.380 e. The number of hydrogen-bond donors (Lipinski definition) is 2. The number of ether oxygens (including phenoxy) is 1. The van der Waals surface area contributed by atoms with Crippen molar-refractivity contribution < 1.29 is 9.53 Å². The molecular weight excluding hydrogens is 478 g/mol. The van der Waals surface area contributed by atoms with Crippen LogP contribution < -0.4 is 16.2 Å². The van der Waals surface area contributed by atoms with Crippen LogP contribution in [0.3, 0.4) is 0 Å². The summed E-state index contributed by atoms with van der Waals surface area (Å²) in [6.07, 6.45) is 5.38. The van der Waals surface area contributed by atoms with E-state index in [0.29, 0.717) is 30.6 Å². The van der Waals surface area contributed by atoms with Crippen LogP contribution in [0.4, 0.5) is 10.6 Å². The highest BCUT2D eigenvalue weighted by molar-refractivity contribution is 5.90. The fraction of sp³-hybridized carbons (Fsp3) is 0.300. The zero-order valence-corrected chi connectivity index (χ0v) is 22.0. The molecule has 0 atom stereocenters. The molecule has 0 spiro atoms. The van der Waals surface area contributed by atoms with E-state index in [1.165, 1.54) is 35.5 Å². The van der Waals surface area contributed by atoms with Crippen LogP contribution in [0, 0.1) is 6.92 Å². The number of nitrogens with one attached hydrogen (secondary N) is 2. The third-order valence-corrected chi connectivity index (χ3v) is 7.22. The number of urea groups is 1. The molecule has 2 aromatic heterocycles. The molecule has 4 aromatic rings. The lowest BCUT2D eigenvalue weighted by molar-refractivity contribution is 0.185. The number of amides is 2. The van der Waals surface area contributed by atoms with E-state index < -0.39 is 0 Å². The topological polar surface area (TPSA) is 90.2 Å². The second-order valence-electron chi connectivity index (χ2n) is 9.84. The average Bonchev–Trinajstić information content (AvgIpc) is 3.21. The predicted octanol–water partition coefficient (Wildman–Crippen LogP) is 5.28. The standard InChI is InChI=1S/C30H33N5O3/c1-20-28(23-13-15-27(36)34(2)18-23)33-35(25-10-5-4-6-11-25)29(20)32-30(37)31-17-24-16-21(19-38-3)12-14-26(24)22-8-7-9-22/h4-6,10-16,18,22H,7-9,17,19H2,1-3H3,(H2,31,32,37). The van der Waals surface area contributed by atoms with E-state index in [9.17, 15) is 9.59 Å². The number of carbonyl (C=O) groups is 1. The SMILES string of the molecule is COCc1ccc(C2CCC2)c(CNC(=O)Nc2c(C)c(-c3ccc(=O)n(C)c3)nn2-c2ccccc2)c1. The summed E-state index contributed by atoms with van der Waals surface area (Å²) in [5.41, 5.74) is 6.54. The first-order valence-electron chi connectivity index (χ1n) is 12.9. The first kappa shape index (κ1) is 25.5. The van der Waals surface area contributed by atoms with Gasteiger partial charge in [0.1, 0.15) is 5.82 Å². The molecule has 0 unspecified atom stereocenters. The van der Waals surface area contributed by atoms with Crippen molar-refractivity contribution in [2.75, 3.05) is 12.4 Å². The Labute approximate surface area is 222 Å². The number of methoxy groups -OCH3 is 1. The van der Waals surface area contributed by atoms with Gasteiger partial charge in [0.2, 0.25) is 5.56 Å². The van der Waals surface area contributed by atoms with Gasteiger partial charge in [-0.15, -0.1) is 0 Å². The maximum Gasteiger partial charge on any atom is 0.320 e. The van der Waals surface area contributed by atoms with Crippen LogP contribution in [0.15, 0.2) is 71.7 Å². The summed E-state index contributed by atoms with van der Waals surface area (Å²) in [5.74, 6) is 1.13. The Morgan fingerprint density at radius 2 is 1.89 bits per heavy atom. The lowest BCUT2D eigenvalue weighted by atomic mass is 9.78. The monoisotopic (exact) mass is 511 g/mol. The molecular formula is C30H33N5O3. The summed E-state index contributed by atoms with van der Waals surface area (Å²) < 4.78 is 8.57. The molecule has 1 aliphatic carbocycles. The Morgan fingerprint density at radius 3 is 2.58 bits per heavy atom. The molecule has 0 radical (unpaired) electrons. The number of hydrogen-bond acceptors (Lipinski definition) is 4. The number of pyridine rings is 1. The number of para-hydroxylation sites is 1. The average molecular weight is 512 g/mol. The summed E-state index contributed by atoms with van der Waals surface area (Å²) in [6, 6.07) is 19.1. The van der Waals surface area contributed by atoms with Crippen LogP contribution in [0.1, 0.15) is 47.4 Å².